The quantitative estimate of drug-likeness (QED) is 0.680. The van der Waals surface area contributed by atoms with Crippen LogP contribution in [0.15, 0.2) is 12.1 Å². The van der Waals surface area contributed by atoms with Crippen molar-refractivity contribution in [3.63, 3.8) is 0 Å². The molecule has 0 amide bonds. The van der Waals surface area contributed by atoms with Crippen LogP contribution in [0, 0.1) is 0 Å². The Morgan fingerprint density at radius 2 is 1.92 bits per heavy atom. The average Bonchev–Trinajstić information content (AvgIpc) is 2.07. The second kappa shape index (κ2) is 3.15. The van der Waals surface area contributed by atoms with Gasteiger partial charge in [-0.2, -0.15) is 0 Å². The number of anilines is 1. The molecule has 2 rings (SSSR count). The first-order valence-electron chi connectivity index (χ1n) is 3.99. The lowest BCUT2D eigenvalue weighted by molar-refractivity contribution is 0.830. The van der Waals surface area contributed by atoms with Gasteiger partial charge < -0.3 is 5.32 Å². The van der Waals surface area contributed by atoms with Gasteiger partial charge in [-0.15, -0.1) is 0 Å². The van der Waals surface area contributed by atoms with Crippen LogP contribution in [0.5, 0.6) is 0 Å². The summed E-state index contributed by atoms with van der Waals surface area (Å²) in [5.74, 6) is 0. The fraction of sp³-hybridized carbons (Fsp3) is 0.333. The molecule has 0 aromatic heterocycles. The number of nitrogens with one attached hydrogen (secondary N) is 1. The van der Waals surface area contributed by atoms with E-state index in [4.69, 9.17) is 23.2 Å². The Bertz CT molecular complexity index is 279. The Morgan fingerprint density at radius 1 is 1.17 bits per heavy atom. The number of hydrogen-bond acceptors (Lipinski definition) is 1. The van der Waals surface area contributed by atoms with Gasteiger partial charge in [-0.05, 0) is 30.5 Å². The van der Waals surface area contributed by atoms with Crippen molar-refractivity contribution >= 4 is 28.9 Å². The molecule has 1 aliphatic rings. The van der Waals surface area contributed by atoms with Gasteiger partial charge in [-0.1, -0.05) is 23.2 Å². The second-order valence-corrected chi connectivity index (χ2v) is 3.77. The topological polar surface area (TPSA) is 12.0 Å². The zero-order valence-corrected chi connectivity index (χ0v) is 8.04. The molecular formula is C9H9Cl2N. The molecule has 0 bridgehead atoms. The van der Waals surface area contributed by atoms with Gasteiger partial charge in [-0.3, -0.25) is 0 Å². The van der Waals surface area contributed by atoms with Crippen molar-refractivity contribution in [1.29, 1.82) is 0 Å². The van der Waals surface area contributed by atoms with E-state index < -0.39 is 0 Å². The van der Waals surface area contributed by atoms with E-state index in [-0.39, 0.29) is 0 Å². The van der Waals surface area contributed by atoms with E-state index in [9.17, 15) is 0 Å². The first kappa shape index (κ1) is 8.21. The third-order valence-electron chi connectivity index (χ3n) is 2.08. The molecule has 0 saturated carbocycles. The Kier molecular flexibility index (Phi) is 2.16. The average molecular weight is 202 g/mol. The van der Waals surface area contributed by atoms with Crippen molar-refractivity contribution in [3.8, 4) is 0 Å². The number of hydrogen-bond donors (Lipinski definition) is 1. The summed E-state index contributed by atoms with van der Waals surface area (Å²) >= 11 is 11.8. The van der Waals surface area contributed by atoms with Crippen LogP contribution >= 0.6 is 23.2 Å². The normalized spacial score (nSPS) is 15.2. The zero-order chi connectivity index (χ0) is 8.55. The summed E-state index contributed by atoms with van der Waals surface area (Å²) in [5.41, 5.74) is 2.41. The molecule has 1 nitrogen and oxygen atoms in total. The van der Waals surface area contributed by atoms with E-state index in [0.717, 1.165) is 18.7 Å². The minimum Gasteiger partial charge on any atom is -0.385 e. The Morgan fingerprint density at radius 3 is 2.75 bits per heavy atom. The highest BCUT2D eigenvalue weighted by Gasteiger charge is 2.10. The Hall–Kier alpha value is -0.400. The van der Waals surface area contributed by atoms with Crippen LogP contribution in [0.25, 0.3) is 0 Å². The molecule has 0 saturated heterocycles. The molecule has 1 aromatic rings. The summed E-state index contributed by atoms with van der Waals surface area (Å²) in [5, 5.41) is 4.57. The minimum absolute atomic E-state index is 0.629. The summed E-state index contributed by atoms with van der Waals surface area (Å²) in [4.78, 5) is 0. The largest absolute Gasteiger partial charge is 0.385 e. The number of benzene rings is 1. The summed E-state index contributed by atoms with van der Waals surface area (Å²) in [6.07, 6.45) is 2.27. The lowest BCUT2D eigenvalue weighted by Crippen LogP contribution is -2.11. The molecule has 1 aromatic carbocycles. The minimum atomic E-state index is 0.629. The van der Waals surface area contributed by atoms with Crippen LogP contribution in [0.4, 0.5) is 5.69 Å². The van der Waals surface area contributed by atoms with E-state index >= 15 is 0 Å². The molecule has 0 radical (unpaired) electrons. The highest BCUT2D eigenvalue weighted by molar-refractivity contribution is 6.42. The van der Waals surface area contributed by atoms with Crippen molar-refractivity contribution in [2.24, 2.45) is 0 Å². The second-order valence-electron chi connectivity index (χ2n) is 2.95. The molecule has 64 valence electrons. The number of halogens is 2. The van der Waals surface area contributed by atoms with E-state index in [0.29, 0.717) is 10.0 Å². The Labute approximate surface area is 81.7 Å². The standard InChI is InChI=1S/C9H9Cl2N/c10-7-4-6-2-1-3-12-9(6)5-8(7)11/h4-5,12H,1-3H2. The molecule has 0 fully saturated rings. The molecule has 1 N–H and O–H groups in total. The van der Waals surface area contributed by atoms with E-state index in [1.54, 1.807) is 0 Å². The molecule has 0 spiro atoms. The first-order valence-corrected chi connectivity index (χ1v) is 4.75. The van der Waals surface area contributed by atoms with E-state index in [1.807, 2.05) is 12.1 Å². The van der Waals surface area contributed by atoms with Crippen molar-refractivity contribution in [1.82, 2.24) is 0 Å². The van der Waals surface area contributed by atoms with Gasteiger partial charge in [0, 0.05) is 12.2 Å². The number of fused-ring (bicyclic) bond motifs is 1. The molecule has 1 aliphatic heterocycles. The molecular weight excluding hydrogens is 193 g/mol. The third-order valence-corrected chi connectivity index (χ3v) is 2.81. The number of rotatable bonds is 0. The molecule has 3 heteroatoms. The van der Waals surface area contributed by atoms with Crippen LogP contribution in [-0.2, 0) is 6.42 Å². The third kappa shape index (κ3) is 1.39. The Balaban J connectivity index is 2.49. The SMILES string of the molecule is Clc1cc2c(cc1Cl)NCCC2. The highest BCUT2D eigenvalue weighted by atomic mass is 35.5. The fourth-order valence-electron chi connectivity index (χ4n) is 1.46. The predicted molar refractivity (Wildman–Crippen MR) is 53.3 cm³/mol. The van der Waals surface area contributed by atoms with Crippen LogP contribution in [-0.4, -0.2) is 6.54 Å². The highest BCUT2D eigenvalue weighted by Crippen LogP contribution is 2.31. The van der Waals surface area contributed by atoms with Crippen molar-refractivity contribution in [3.05, 3.63) is 27.7 Å². The summed E-state index contributed by atoms with van der Waals surface area (Å²) < 4.78 is 0. The van der Waals surface area contributed by atoms with Gasteiger partial charge in [-0.25, -0.2) is 0 Å². The smallest absolute Gasteiger partial charge is 0.0613 e. The van der Waals surface area contributed by atoms with Crippen LogP contribution in [0.1, 0.15) is 12.0 Å². The van der Waals surface area contributed by atoms with Gasteiger partial charge in [0.15, 0.2) is 0 Å². The fourth-order valence-corrected chi connectivity index (χ4v) is 1.81. The summed E-state index contributed by atoms with van der Waals surface area (Å²) in [6.45, 7) is 1.03. The van der Waals surface area contributed by atoms with Gasteiger partial charge in [0.25, 0.3) is 0 Å². The van der Waals surface area contributed by atoms with Crippen LogP contribution in [0.3, 0.4) is 0 Å². The molecule has 0 aliphatic carbocycles. The lowest BCUT2D eigenvalue weighted by atomic mass is 10.0. The first-order chi connectivity index (χ1) is 5.77. The maximum Gasteiger partial charge on any atom is 0.0613 e. The van der Waals surface area contributed by atoms with Gasteiger partial charge in [0.2, 0.25) is 0 Å². The molecule has 0 atom stereocenters. The number of aryl methyl sites for hydroxylation is 1. The van der Waals surface area contributed by atoms with Gasteiger partial charge in [0.05, 0.1) is 10.0 Å². The van der Waals surface area contributed by atoms with Crippen LogP contribution in [0.2, 0.25) is 10.0 Å². The zero-order valence-electron chi connectivity index (χ0n) is 6.53. The maximum absolute atomic E-state index is 5.89. The monoisotopic (exact) mass is 201 g/mol. The molecule has 1 heterocycles. The van der Waals surface area contributed by atoms with Crippen LogP contribution < -0.4 is 5.32 Å². The lowest BCUT2D eigenvalue weighted by Gasteiger charge is -2.18. The van der Waals surface area contributed by atoms with Crippen molar-refractivity contribution in [2.75, 3.05) is 11.9 Å². The van der Waals surface area contributed by atoms with E-state index in [1.165, 1.54) is 12.0 Å². The predicted octanol–water partition coefficient (Wildman–Crippen LogP) is 3.35. The maximum atomic E-state index is 5.89. The van der Waals surface area contributed by atoms with E-state index in [2.05, 4.69) is 5.32 Å². The summed E-state index contributed by atoms with van der Waals surface area (Å²) in [6, 6.07) is 3.85. The molecule has 0 unspecified atom stereocenters. The van der Waals surface area contributed by atoms with Crippen molar-refractivity contribution in [2.45, 2.75) is 12.8 Å². The van der Waals surface area contributed by atoms with Crippen molar-refractivity contribution < 1.29 is 0 Å². The molecule has 12 heavy (non-hydrogen) atoms. The van der Waals surface area contributed by atoms with Gasteiger partial charge >= 0.3 is 0 Å². The summed E-state index contributed by atoms with van der Waals surface area (Å²) in [7, 11) is 0. The van der Waals surface area contributed by atoms with Gasteiger partial charge in [0.1, 0.15) is 0 Å².